The lowest BCUT2D eigenvalue weighted by Gasteiger charge is -2.30. The van der Waals surface area contributed by atoms with Gasteiger partial charge in [-0.1, -0.05) is 6.92 Å². The van der Waals surface area contributed by atoms with E-state index in [0.29, 0.717) is 17.8 Å². The summed E-state index contributed by atoms with van der Waals surface area (Å²) in [7, 11) is 1.78. The van der Waals surface area contributed by atoms with E-state index in [1.165, 1.54) is 6.33 Å². The fraction of sp³-hybridized carbons (Fsp3) is 0.762. The molecule has 152 valence electrons. The van der Waals surface area contributed by atoms with Crippen LogP contribution >= 0.6 is 0 Å². The van der Waals surface area contributed by atoms with Crippen LogP contribution in [0.1, 0.15) is 67.7 Å². The van der Waals surface area contributed by atoms with Crippen LogP contribution in [0.15, 0.2) is 6.33 Å². The van der Waals surface area contributed by atoms with E-state index < -0.39 is 0 Å². The highest BCUT2D eigenvalue weighted by Gasteiger charge is 2.26. The van der Waals surface area contributed by atoms with E-state index in [0.717, 1.165) is 69.5 Å². The van der Waals surface area contributed by atoms with Crippen LogP contribution in [0.3, 0.4) is 0 Å². The van der Waals surface area contributed by atoms with Crippen molar-refractivity contribution in [2.75, 3.05) is 33.3 Å². The summed E-state index contributed by atoms with van der Waals surface area (Å²) in [5, 5.41) is 0. The molecule has 1 aliphatic rings. The number of hydrogen-bond donors (Lipinski definition) is 0. The van der Waals surface area contributed by atoms with Gasteiger partial charge in [0.1, 0.15) is 12.0 Å². The molecule has 1 aromatic rings. The SMILES string of the molecule is CCN(CCCC(C)OC)C1CCCN(C(=O)c2ncnc(C)c2C)CC1. The molecular formula is C21H36N4O2. The van der Waals surface area contributed by atoms with Gasteiger partial charge in [-0.05, 0) is 66.0 Å². The number of rotatable bonds is 8. The van der Waals surface area contributed by atoms with Gasteiger partial charge in [-0.15, -0.1) is 0 Å². The van der Waals surface area contributed by atoms with E-state index >= 15 is 0 Å². The molecule has 0 aliphatic carbocycles. The maximum Gasteiger partial charge on any atom is 0.272 e. The molecule has 2 atom stereocenters. The molecule has 6 heteroatoms. The summed E-state index contributed by atoms with van der Waals surface area (Å²) in [6.07, 6.45) is 7.30. The quantitative estimate of drug-likeness (QED) is 0.697. The number of aryl methyl sites for hydroxylation is 1. The molecule has 2 heterocycles. The lowest BCUT2D eigenvalue weighted by Crippen LogP contribution is -2.38. The second-order valence-corrected chi connectivity index (χ2v) is 7.63. The predicted octanol–water partition coefficient (Wildman–Crippen LogP) is 3.23. The Labute approximate surface area is 164 Å². The number of hydrogen-bond acceptors (Lipinski definition) is 5. The molecule has 1 aromatic heterocycles. The summed E-state index contributed by atoms with van der Waals surface area (Å²) in [6.45, 7) is 12.0. The zero-order valence-electron chi connectivity index (χ0n) is 17.7. The predicted molar refractivity (Wildman–Crippen MR) is 108 cm³/mol. The minimum Gasteiger partial charge on any atom is -0.382 e. The Bertz CT molecular complexity index is 608. The lowest BCUT2D eigenvalue weighted by atomic mass is 10.1. The third-order valence-electron chi connectivity index (χ3n) is 5.90. The number of amides is 1. The Morgan fingerprint density at radius 3 is 2.81 bits per heavy atom. The summed E-state index contributed by atoms with van der Waals surface area (Å²) in [4.78, 5) is 26.0. The van der Waals surface area contributed by atoms with E-state index in [9.17, 15) is 4.79 Å². The highest BCUT2D eigenvalue weighted by molar-refractivity contribution is 5.93. The van der Waals surface area contributed by atoms with Crippen LogP contribution in [0.5, 0.6) is 0 Å². The zero-order chi connectivity index (χ0) is 19.8. The smallest absolute Gasteiger partial charge is 0.272 e. The molecule has 2 unspecified atom stereocenters. The first kappa shape index (κ1) is 21.8. The summed E-state index contributed by atoms with van der Waals surface area (Å²) < 4.78 is 5.36. The zero-order valence-corrected chi connectivity index (χ0v) is 17.7. The van der Waals surface area contributed by atoms with E-state index in [-0.39, 0.29) is 5.91 Å². The highest BCUT2D eigenvalue weighted by atomic mass is 16.5. The normalized spacial score (nSPS) is 19.2. The van der Waals surface area contributed by atoms with Crippen molar-refractivity contribution in [2.24, 2.45) is 0 Å². The van der Waals surface area contributed by atoms with Gasteiger partial charge in [-0.3, -0.25) is 4.79 Å². The fourth-order valence-corrected chi connectivity index (χ4v) is 3.85. The molecule has 0 radical (unpaired) electrons. The average molecular weight is 377 g/mol. The third kappa shape index (κ3) is 5.98. The molecule has 0 spiro atoms. The van der Waals surface area contributed by atoms with Gasteiger partial charge in [0, 0.05) is 37.5 Å². The average Bonchev–Trinajstić information content (AvgIpc) is 2.93. The molecule has 1 saturated heterocycles. The van der Waals surface area contributed by atoms with Crippen molar-refractivity contribution in [3.63, 3.8) is 0 Å². The Morgan fingerprint density at radius 2 is 2.11 bits per heavy atom. The molecular weight excluding hydrogens is 340 g/mol. The van der Waals surface area contributed by atoms with Crippen LogP contribution in [0, 0.1) is 13.8 Å². The third-order valence-corrected chi connectivity index (χ3v) is 5.90. The minimum atomic E-state index is 0.0515. The molecule has 0 aromatic carbocycles. The maximum atomic E-state index is 13.0. The van der Waals surface area contributed by atoms with E-state index in [1.54, 1.807) is 7.11 Å². The van der Waals surface area contributed by atoms with Gasteiger partial charge in [-0.25, -0.2) is 9.97 Å². The topological polar surface area (TPSA) is 58.6 Å². The molecule has 6 nitrogen and oxygen atoms in total. The van der Waals surface area contributed by atoms with Crippen molar-refractivity contribution in [2.45, 2.75) is 71.9 Å². The standard InChI is InChI=1S/C21H36N4O2/c1-6-24(12-7-9-16(2)27-5)19-10-8-13-25(14-11-19)21(26)20-17(3)18(4)22-15-23-20/h15-16,19H,6-14H2,1-5H3. The molecule has 1 amide bonds. The molecule has 27 heavy (non-hydrogen) atoms. The summed E-state index contributed by atoms with van der Waals surface area (Å²) in [5.41, 5.74) is 2.33. The van der Waals surface area contributed by atoms with Crippen LogP contribution in [-0.4, -0.2) is 71.1 Å². The largest absolute Gasteiger partial charge is 0.382 e. The van der Waals surface area contributed by atoms with Crippen LogP contribution in [-0.2, 0) is 4.74 Å². The number of nitrogens with zero attached hydrogens (tertiary/aromatic N) is 4. The summed E-state index contributed by atoms with van der Waals surface area (Å²) >= 11 is 0. The number of likely N-dealkylation sites (tertiary alicyclic amines) is 1. The Balaban J connectivity index is 1.93. The van der Waals surface area contributed by atoms with Gasteiger partial charge < -0.3 is 14.5 Å². The van der Waals surface area contributed by atoms with Crippen LogP contribution in [0.4, 0.5) is 0 Å². The van der Waals surface area contributed by atoms with Gasteiger partial charge in [0.25, 0.3) is 5.91 Å². The number of ether oxygens (including phenoxy) is 1. The Kier molecular flexibility index (Phi) is 8.64. The molecule has 1 fully saturated rings. The first-order valence-electron chi connectivity index (χ1n) is 10.3. The number of carbonyl (C=O) groups is 1. The molecule has 1 aliphatic heterocycles. The van der Waals surface area contributed by atoms with Gasteiger partial charge >= 0.3 is 0 Å². The van der Waals surface area contributed by atoms with Crippen molar-refractivity contribution in [1.82, 2.24) is 19.8 Å². The molecule has 0 N–H and O–H groups in total. The van der Waals surface area contributed by atoms with Crippen molar-refractivity contribution >= 4 is 5.91 Å². The second-order valence-electron chi connectivity index (χ2n) is 7.63. The van der Waals surface area contributed by atoms with Gasteiger partial charge in [0.05, 0.1) is 6.10 Å². The number of carbonyl (C=O) groups excluding carboxylic acids is 1. The van der Waals surface area contributed by atoms with Crippen LogP contribution in [0.2, 0.25) is 0 Å². The second kappa shape index (κ2) is 10.7. The van der Waals surface area contributed by atoms with Crippen molar-refractivity contribution < 1.29 is 9.53 Å². The van der Waals surface area contributed by atoms with E-state index in [4.69, 9.17) is 4.74 Å². The highest BCUT2D eigenvalue weighted by Crippen LogP contribution is 2.20. The molecule has 0 saturated carbocycles. The number of methoxy groups -OCH3 is 1. The minimum absolute atomic E-state index is 0.0515. The van der Waals surface area contributed by atoms with Gasteiger partial charge in [-0.2, -0.15) is 0 Å². The lowest BCUT2D eigenvalue weighted by molar-refractivity contribution is 0.0747. The van der Waals surface area contributed by atoms with Crippen LogP contribution in [0.25, 0.3) is 0 Å². The monoisotopic (exact) mass is 376 g/mol. The van der Waals surface area contributed by atoms with Crippen molar-refractivity contribution in [1.29, 1.82) is 0 Å². The van der Waals surface area contributed by atoms with Crippen molar-refractivity contribution in [3.8, 4) is 0 Å². The summed E-state index contributed by atoms with van der Waals surface area (Å²) in [5.74, 6) is 0.0515. The Morgan fingerprint density at radius 1 is 1.33 bits per heavy atom. The van der Waals surface area contributed by atoms with Crippen molar-refractivity contribution in [3.05, 3.63) is 23.3 Å². The van der Waals surface area contributed by atoms with Gasteiger partial charge in [0.2, 0.25) is 0 Å². The Hall–Kier alpha value is -1.53. The van der Waals surface area contributed by atoms with Gasteiger partial charge in [0.15, 0.2) is 0 Å². The maximum absolute atomic E-state index is 13.0. The van der Waals surface area contributed by atoms with Crippen LogP contribution < -0.4 is 0 Å². The van der Waals surface area contributed by atoms with E-state index in [1.807, 2.05) is 18.7 Å². The van der Waals surface area contributed by atoms with E-state index in [2.05, 4.69) is 28.7 Å². The number of aromatic nitrogens is 2. The first-order valence-corrected chi connectivity index (χ1v) is 10.3. The molecule has 2 rings (SSSR count). The summed E-state index contributed by atoms with van der Waals surface area (Å²) in [6, 6.07) is 0.555. The fourth-order valence-electron chi connectivity index (χ4n) is 3.85. The first-order chi connectivity index (χ1) is 13.0. The molecule has 0 bridgehead atoms.